The molecule has 1 fully saturated rings. The standard InChI is InChI=1S/C19H15N3O5/c23-17(24)19(9-10-19)14-7-5-12(6-8-14)11-1-3-13(4-2-11)15-16(20-18(25)26)22-27-21-15/h1-8H,9-10H2,(H,20,22)(H,23,24)(H,25,26). The number of aliphatic carboxylic acids is 1. The molecule has 136 valence electrons. The van der Waals surface area contributed by atoms with Crippen LogP contribution in [0.1, 0.15) is 18.4 Å². The van der Waals surface area contributed by atoms with Gasteiger partial charge in [0.25, 0.3) is 0 Å². The highest BCUT2D eigenvalue weighted by atomic mass is 16.6. The van der Waals surface area contributed by atoms with E-state index < -0.39 is 17.5 Å². The molecule has 4 rings (SSSR count). The molecule has 1 aliphatic rings. The maximum atomic E-state index is 11.4. The van der Waals surface area contributed by atoms with Crippen LogP contribution in [-0.2, 0) is 10.2 Å². The number of anilines is 1. The molecule has 8 heteroatoms. The predicted molar refractivity (Wildman–Crippen MR) is 95.4 cm³/mol. The van der Waals surface area contributed by atoms with Gasteiger partial charge in [0.05, 0.1) is 5.41 Å². The van der Waals surface area contributed by atoms with Gasteiger partial charge in [-0.1, -0.05) is 48.5 Å². The molecule has 1 aliphatic carbocycles. The third-order valence-corrected chi connectivity index (χ3v) is 4.80. The summed E-state index contributed by atoms with van der Waals surface area (Å²) in [5.74, 6) is -0.741. The first-order chi connectivity index (χ1) is 13.0. The Morgan fingerprint density at radius 1 is 0.889 bits per heavy atom. The number of carboxylic acids is 1. The maximum Gasteiger partial charge on any atom is 0.410 e. The van der Waals surface area contributed by atoms with Gasteiger partial charge in [0.1, 0.15) is 0 Å². The fourth-order valence-corrected chi connectivity index (χ4v) is 3.11. The Bertz CT molecular complexity index is 1000. The molecule has 0 radical (unpaired) electrons. The molecule has 3 N–H and O–H groups in total. The molecule has 8 nitrogen and oxygen atoms in total. The second-order valence-electron chi connectivity index (χ2n) is 6.43. The largest absolute Gasteiger partial charge is 0.481 e. The van der Waals surface area contributed by atoms with E-state index in [1.807, 2.05) is 36.4 Å². The number of nitrogens with zero attached hydrogens (tertiary/aromatic N) is 2. The van der Waals surface area contributed by atoms with E-state index in [0.717, 1.165) is 16.7 Å². The molecule has 0 unspecified atom stereocenters. The number of rotatable bonds is 5. The average molecular weight is 365 g/mol. The number of carbonyl (C=O) groups is 2. The highest BCUT2D eigenvalue weighted by molar-refractivity contribution is 5.87. The summed E-state index contributed by atoms with van der Waals surface area (Å²) in [6.07, 6.45) is 0.0994. The molecule has 3 aromatic rings. The third-order valence-electron chi connectivity index (χ3n) is 4.80. The van der Waals surface area contributed by atoms with E-state index in [4.69, 9.17) is 5.11 Å². The Kier molecular flexibility index (Phi) is 3.88. The number of nitrogens with one attached hydrogen (secondary N) is 1. The van der Waals surface area contributed by atoms with E-state index in [2.05, 4.69) is 20.3 Å². The maximum absolute atomic E-state index is 11.4. The molecular formula is C19H15N3O5. The van der Waals surface area contributed by atoms with Crippen LogP contribution in [0, 0.1) is 0 Å². The van der Waals surface area contributed by atoms with E-state index in [1.54, 1.807) is 12.1 Å². The van der Waals surface area contributed by atoms with E-state index in [0.29, 0.717) is 24.1 Å². The summed E-state index contributed by atoms with van der Waals surface area (Å²) in [5.41, 5.74) is 2.96. The van der Waals surface area contributed by atoms with Gasteiger partial charge in [-0.3, -0.25) is 10.1 Å². The monoisotopic (exact) mass is 365 g/mol. The summed E-state index contributed by atoms with van der Waals surface area (Å²) in [5, 5.41) is 27.6. The second-order valence-corrected chi connectivity index (χ2v) is 6.43. The van der Waals surface area contributed by atoms with Crippen LogP contribution in [0.5, 0.6) is 0 Å². The predicted octanol–water partition coefficient (Wildman–Crippen LogP) is 3.61. The number of amides is 1. The van der Waals surface area contributed by atoms with Crippen LogP contribution in [0.2, 0.25) is 0 Å². The molecule has 0 aliphatic heterocycles. The lowest BCUT2D eigenvalue weighted by Gasteiger charge is -2.11. The van der Waals surface area contributed by atoms with Crippen molar-refractivity contribution >= 4 is 17.9 Å². The molecule has 1 saturated carbocycles. The summed E-state index contributed by atoms with van der Waals surface area (Å²) in [7, 11) is 0. The highest BCUT2D eigenvalue weighted by Crippen LogP contribution is 2.48. The Balaban J connectivity index is 1.57. The van der Waals surface area contributed by atoms with Crippen molar-refractivity contribution < 1.29 is 24.4 Å². The van der Waals surface area contributed by atoms with Gasteiger partial charge in [-0.15, -0.1) is 0 Å². The van der Waals surface area contributed by atoms with Crippen LogP contribution in [-0.4, -0.2) is 32.6 Å². The zero-order valence-electron chi connectivity index (χ0n) is 14.0. The van der Waals surface area contributed by atoms with Crippen LogP contribution >= 0.6 is 0 Å². The van der Waals surface area contributed by atoms with Crippen LogP contribution in [0.25, 0.3) is 22.4 Å². The summed E-state index contributed by atoms with van der Waals surface area (Å²) in [6, 6.07) is 14.8. The lowest BCUT2D eigenvalue weighted by atomic mass is 9.93. The molecule has 0 atom stereocenters. The van der Waals surface area contributed by atoms with Crippen LogP contribution in [0.4, 0.5) is 10.6 Å². The van der Waals surface area contributed by atoms with Gasteiger partial charge in [0.2, 0.25) is 5.82 Å². The Hall–Kier alpha value is -3.68. The van der Waals surface area contributed by atoms with E-state index in [1.165, 1.54) is 0 Å². The molecular weight excluding hydrogens is 350 g/mol. The number of aromatic nitrogens is 2. The fourth-order valence-electron chi connectivity index (χ4n) is 3.11. The van der Waals surface area contributed by atoms with Crippen molar-refractivity contribution in [3.63, 3.8) is 0 Å². The lowest BCUT2D eigenvalue weighted by molar-refractivity contribution is -0.140. The highest BCUT2D eigenvalue weighted by Gasteiger charge is 2.51. The fraction of sp³-hybridized carbons (Fsp3) is 0.158. The Labute approximate surface area is 153 Å². The minimum absolute atomic E-state index is 0.0306. The number of hydrogen-bond donors (Lipinski definition) is 3. The molecule has 1 amide bonds. The lowest BCUT2D eigenvalue weighted by Crippen LogP contribution is -2.19. The molecule has 1 aromatic heterocycles. The van der Waals surface area contributed by atoms with Crippen molar-refractivity contribution in [2.24, 2.45) is 0 Å². The third kappa shape index (κ3) is 3.01. The van der Waals surface area contributed by atoms with Crippen molar-refractivity contribution in [2.45, 2.75) is 18.3 Å². The van der Waals surface area contributed by atoms with Gasteiger partial charge < -0.3 is 10.2 Å². The molecule has 0 bridgehead atoms. The number of benzene rings is 2. The van der Waals surface area contributed by atoms with Crippen molar-refractivity contribution in [2.75, 3.05) is 5.32 Å². The minimum atomic E-state index is -1.25. The summed E-state index contributed by atoms with van der Waals surface area (Å²) >= 11 is 0. The summed E-state index contributed by atoms with van der Waals surface area (Å²) < 4.78 is 4.61. The zero-order valence-corrected chi connectivity index (χ0v) is 14.0. The Morgan fingerprint density at radius 2 is 1.44 bits per heavy atom. The van der Waals surface area contributed by atoms with E-state index in [9.17, 15) is 14.7 Å². The minimum Gasteiger partial charge on any atom is -0.481 e. The SMILES string of the molecule is O=C(O)Nc1nonc1-c1ccc(-c2ccc(C3(C(=O)O)CC3)cc2)cc1. The molecule has 0 spiro atoms. The topological polar surface area (TPSA) is 126 Å². The normalized spacial score (nSPS) is 14.5. The van der Waals surface area contributed by atoms with Gasteiger partial charge in [-0.25, -0.2) is 9.42 Å². The van der Waals surface area contributed by atoms with E-state index >= 15 is 0 Å². The quantitative estimate of drug-likeness (QED) is 0.630. The van der Waals surface area contributed by atoms with Gasteiger partial charge >= 0.3 is 12.1 Å². The van der Waals surface area contributed by atoms with Crippen LogP contribution in [0.15, 0.2) is 53.2 Å². The average Bonchev–Trinajstić information content (AvgIpc) is 3.36. The second kappa shape index (κ2) is 6.24. The van der Waals surface area contributed by atoms with E-state index in [-0.39, 0.29) is 5.82 Å². The van der Waals surface area contributed by atoms with Crippen molar-refractivity contribution in [1.82, 2.24) is 10.3 Å². The van der Waals surface area contributed by atoms with Gasteiger partial charge in [0, 0.05) is 5.56 Å². The van der Waals surface area contributed by atoms with Gasteiger partial charge in [-0.2, -0.15) is 0 Å². The van der Waals surface area contributed by atoms with Gasteiger partial charge in [0.15, 0.2) is 5.69 Å². The molecule has 27 heavy (non-hydrogen) atoms. The van der Waals surface area contributed by atoms with Gasteiger partial charge in [-0.05, 0) is 39.8 Å². The molecule has 0 saturated heterocycles. The zero-order chi connectivity index (χ0) is 19.0. The number of carboxylic acid groups (broad SMARTS) is 2. The van der Waals surface area contributed by atoms with Crippen molar-refractivity contribution in [3.8, 4) is 22.4 Å². The molecule has 2 aromatic carbocycles. The van der Waals surface area contributed by atoms with Crippen molar-refractivity contribution in [3.05, 3.63) is 54.1 Å². The number of hydrogen-bond acceptors (Lipinski definition) is 5. The first-order valence-electron chi connectivity index (χ1n) is 8.27. The van der Waals surface area contributed by atoms with Crippen LogP contribution in [0.3, 0.4) is 0 Å². The Morgan fingerprint density at radius 3 is 1.96 bits per heavy atom. The summed E-state index contributed by atoms with van der Waals surface area (Å²) in [4.78, 5) is 22.2. The first-order valence-corrected chi connectivity index (χ1v) is 8.27. The smallest absolute Gasteiger partial charge is 0.410 e. The summed E-state index contributed by atoms with van der Waals surface area (Å²) in [6.45, 7) is 0. The van der Waals surface area contributed by atoms with Crippen LogP contribution < -0.4 is 5.32 Å². The molecule has 1 heterocycles. The van der Waals surface area contributed by atoms with Crippen molar-refractivity contribution in [1.29, 1.82) is 0 Å². The first kappa shape index (κ1) is 16.8.